The third-order valence-corrected chi connectivity index (χ3v) is 4.86. The van der Waals surface area contributed by atoms with Crippen molar-refractivity contribution < 1.29 is 4.74 Å². The van der Waals surface area contributed by atoms with Crippen LogP contribution in [0.1, 0.15) is 33.1 Å². The monoisotopic (exact) mass is 242 g/mol. The first kappa shape index (κ1) is 12.2. The number of hydrogen-bond acceptors (Lipinski definition) is 4. The highest BCUT2D eigenvalue weighted by molar-refractivity contribution is 8.13. The van der Waals surface area contributed by atoms with Crippen LogP contribution in [0.15, 0.2) is 4.99 Å². The second kappa shape index (κ2) is 5.41. The first-order chi connectivity index (χ1) is 7.69. The Bertz CT molecular complexity index is 270. The fourth-order valence-electron chi connectivity index (χ4n) is 2.24. The van der Waals surface area contributed by atoms with E-state index in [4.69, 9.17) is 9.73 Å². The molecule has 0 spiro atoms. The van der Waals surface area contributed by atoms with Crippen molar-refractivity contribution >= 4 is 16.9 Å². The lowest BCUT2D eigenvalue weighted by atomic mass is 10.1. The average molecular weight is 242 g/mol. The highest BCUT2D eigenvalue weighted by Crippen LogP contribution is 2.25. The Balaban J connectivity index is 1.84. The lowest BCUT2D eigenvalue weighted by Crippen LogP contribution is -2.36. The number of hydrogen-bond donors (Lipinski definition) is 1. The highest BCUT2D eigenvalue weighted by atomic mass is 32.2. The van der Waals surface area contributed by atoms with Gasteiger partial charge in [0.05, 0.1) is 12.1 Å². The number of amidine groups is 1. The van der Waals surface area contributed by atoms with E-state index in [2.05, 4.69) is 19.2 Å². The van der Waals surface area contributed by atoms with Crippen molar-refractivity contribution in [1.82, 2.24) is 5.32 Å². The number of ether oxygens (including phenoxy) is 1. The lowest BCUT2D eigenvalue weighted by molar-refractivity contribution is 0.107. The minimum absolute atomic E-state index is 0.447. The number of nitrogens with zero attached hydrogens (tertiary/aromatic N) is 1. The molecule has 3 nitrogen and oxygen atoms in total. The van der Waals surface area contributed by atoms with Gasteiger partial charge in [0.1, 0.15) is 0 Å². The van der Waals surface area contributed by atoms with Gasteiger partial charge in [0.2, 0.25) is 0 Å². The zero-order valence-corrected chi connectivity index (χ0v) is 11.2. The van der Waals surface area contributed by atoms with E-state index in [1.54, 1.807) is 0 Å². The summed E-state index contributed by atoms with van der Waals surface area (Å²) in [4.78, 5) is 4.71. The summed E-state index contributed by atoms with van der Waals surface area (Å²) in [6.45, 7) is 4.48. The van der Waals surface area contributed by atoms with Crippen molar-refractivity contribution in [3.63, 3.8) is 0 Å². The third kappa shape index (κ3) is 2.92. The molecule has 4 heteroatoms. The maximum atomic E-state index is 5.38. The van der Waals surface area contributed by atoms with E-state index in [-0.39, 0.29) is 0 Å². The Morgan fingerprint density at radius 3 is 2.81 bits per heavy atom. The molecule has 2 rings (SSSR count). The lowest BCUT2D eigenvalue weighted by Gasteiger charge is -2.25. The summed E-state index contributed by atoms with van der Waals surface area (Å²) in [6, 6.07) is 1.03. The van der Waals surface area contributed by atoms with Crippen LogP contribution >= 0.6 is 11.8 Å². The van der Waals surface area contributed by atoms with E-state index in [9.17, 15) is 0 Å². The number of thioether (sulfide) groups is 1. The summed E-state index contributed by atoms with van der Waals surface area (Å²) < 4.78 is 5.38. The predicted octanol–water partition coefficient (Wildman–Crippen LogP) is 2.27. The van der Waals surface area contributed by atoms with Crippen molar-refractivity contribution in [2.24, 2.45) is 10.9 Å². The topological polar surface area (TPSA) is 33.6 Å². The van der Waals surface area contributed by atoms with Gasteiger partial charge < -0.3 is 10.1 Å². The second-order valence-electron chi connectivity index (χ2n) is 4.98. The maximum Gasteiger partial charge on any atom is 0.157 e. The molecular weight excluding hydrogens is 220 g/mol. The summed E-state index contributed by atoms with van der Waals surface area (Å²) in [7, 11) is 1.81. The number of rotatable bonds is 2. The van der Waals surface area contributed by atoms with Crippen molar-refractivity contribution in [2.75, 3.05) is 12.9 Å². The highest BCUT2D eigenvalue weighted by Gasteiger charge is 2.27. The van der Waals surface area contributed by atoms with Crippen LogP contribution in [0.5, 0.6) is 0 Å². The predicted molar refractivity (Wildman–Crippen MR) is 70.1 cm³/mol. The van der Waals surface area contributed by atoms with Crippen LogP contribution in [-0.4, -0.2) is 36.2 Å². The molecule has 0 saturated heterocycles. The fraction of sp³-hybridized carbons (Fsp3) is 0.917. The van der Waals surface area contributed by atoms with E-state index < -0.39 is 0 Å². The normalized spacial score (nSPS) is 39.6. The molecular formula is C12H22N2OS. The van der Waals surface area contributed by atoms with Gasteiger partial charge in [-0.15, -0.1) is 0 Å². The Morgan fingerprint density at radius 1 is 1.38 bits per heavy atom. The summed E-state index contributed by atoms with van der Waals surface area (Å²) in [5, 5.41) is 4.71. The van der Waals surface area contributed by atoms with Crippen molar-refractivity contribution in [1.29, 1.82) is 0 Å². The van der Waals surface area contributed by atoms with Gasteiger partial charge in [-0.25, -0.2) is 0 Å². The van der Waals surface area contributed by atoms with Crippen molar-refractivity contribution in [3.8, 4) is 0 Å². The molecule has 4 unspecified atom stereocenters. The van der Waals surface area contributed by atoms with Crippen LogP contribution in [-0.2, 0) is 4.74 Å². The number of aliphatic imine (C=N–C) groups is 1. The Kier molecular flexibility index (Phi) is 4.14. The first-order valence-corrected chi connectivity index (χ1v) is 7.17. The SMILES string of the molecule is COC1CCC(NC2=NC(C)C(C)CS2)C1. The van der Waals surface area contributed by atoms with Gasteiger partial charge in [-0.1, -0.05) is 18.7 Å². The molecule has 1 heterocycles. The Morgan fingerprint density at radius 2 is 2.19 bits per heavy atom. The van der Waals surface area contributed by atoms with Gasteiger partial charge in [0, 0.05) is 18.9 Å². The summed E-state index contributed by atoms with van der Waals surface area (Å²) in [5.74, 6) is 1.89. The van der Waals surface area contributed by atoms with Crippen LogP contribution in [0.3, 0.4) is 0 Å². The summed E-state index contributed by atoms with van der Waals surface area (Å²) in [5.41, 5.74) is 0. The minimum Gasteiger partial charge on any atom is -0.381 e. The van der Waals surface area contributed by atoms with Crippen molar-refractivity contribution in [3.05, 3.63) is 0 Å². The van der Waals surface area contributed by atoms with Crippen molar-refractivity contribution in [2.45, 2.75) is 51.3 Å². The molecule has 2 aliphatic rings. The van der Waals surface area contributed by atoms with Gasteiger partial charge in [0.25, 0.3) is 0 Å². The zero-order chi connectivity index (χ0) is 11.5. The Labute approximate surface area is 102 Å². The van der Waals surface area contributed by atoms with Crippen LogP contribution in [0.4, 0.5) is 0 Å². The maximum absolute atomic E-state index is 5.38. The smallest absolute Gasteiger partial charge is 0.157 e. The first-order valence-electron chi connectivity index (χ1n) is 6.19. The third-order valence-electron chi connectivity index (χ3n) is 3.67. The zero-order valence-electron chi connectivity index (χ0n) is 10.4. The van der Waals surface area contributed by atoms with E-state index in [0.29, 0.717) is 24.1 Å². The number of nitrogens with one attached hydrogen (secondary N) is 1. The average Bonchev–Trinajstić information content (AvgIpc) is 2.71. The molecule has 0 amide bonds. The van der Waals surface area contributed by atoms with E-state index in [1.165, 1.54) is 18.6 Å². The van der Waals surface area contributed by atoms with Crippen LogP contribution in [0.2, 0.25) is 0 Å². The van der Waals surface area contributed by atoms with Crippen LogP contribution < -0.4 is 5.32 Å². The van der Waals surface area contributed by atoms with Crippen LogP contribution in [0.25, 0.3) is 0 Å². The summed E-state index contributed by atoms with van der Waals surface area (Å²) >= 11 is 1.87. The molecule has 4 atom stereocenters. The molecule has 0 aromatic carbocycles. The molecule has 92 valence electrons. The van der Waals surface area contributed by atoms with Gasteiger partial charge >= 0.3 is 0 Å². The molecule has 1 fully saturated rings. The second-order valence-corrected chi connectivity index (χ2v) is 5.98. The molecule has 0 bridgehead atoms. The molecule has 1 aliphatic heterocycles. The van der Waals surface area contributed by atoms with E-state index >= 15 is 0 Å². The molecule has 1 aliphatic carbocycles. The molecule has 1 N–H and O–H groups in total. The van der Waals surface area contributed by atoms with E-state index in [1.807, 2.05) is 18.9 Å². The van der Waals surface area contributed by atoms with Gasteiger partial charge in [0.15, 0.2) is 5.17 Å². The molecule has 0 aromatic rings. The summed E-state index contributed by atoms with van der Waals surface area (Å²) in [6.07, 6.45) is 3.96. The quantitative estimate of drug-likeness (QED) is 0.806. The molecule has 16 heavy (non-hydrogen) atoms. The number of methoxy groups -OCH3 is 1. The van der Waals surface area contributed by atoms with Crippen LogP contribution in [0, 0.1) is 5.92 Å². The largest absolute Gasteiger partial charge is 0.381 e. The standard InChI is InChI=1S/C12H22N2OS/c1-8-7-16-12(13-9(8)2)14-10-4-5-11(6-10)15-3/h8-11H,4-7H2,1-3H3,(H,13,14). The molecule has 1 saturated carbocycles. The fourth-order valence-corrected chi connectivity index (χ4v) is 3.43. The van der Waals surface area contributed by atoms with E-state index in [0.717, 1.165) is 11.6 Å². The van der Waals surface area contributed by atoms with Gasteiger partial charge in [-0.3, -0.25) is 4.99 Å². The Hall–Kier alpha value is -0.220. The van der Waals surface area contributed by atoms with Gasteiger partial charge in [-0.2, -0.15) is 0 Å². The molecule has 0 aromatic heterocycles. The van der Waals surface area contributed by atoms with Gasteiger partial charge in [-0.05, 0) is 32.1 Å². The molecule has 0 radical (unpaired) electrons. The minimum atomic E-state index is 0.447.